The van der Waals surface area contributed by atoms with Gasteiger partial charge in [0.15, 0.2) is 0 Å². The molecule has 0 fully saturated rings. The zero-order chi connectivity index (χ0) is 15.0. The van der Waals surface area contributed by atoms with Crippen LogP contribution in [0.5, 0.6) is 0 Å². The van der Waals surface area contributed by atoms with Crippen LogP contribution in [0, 0.1) is 5.41 Å². The van der Waals surface area contributed by atoms with Crippen molar-refractivity contribution in [2.24, 2.45) is 12.5 Å². The average molecular weight is 282 g/mol. The molecule has 3 nitrogen and oxygen atoms in total. The number of hydrogen-bond donors (Lipinski definition) is 1. The molecule has 21 heavy (non-hydrogen) atoms. The highest BCUT2D eigenvalue weighted by molar-refractivity contribution is 5.46. The van der Waals surface area contributed by atoms with Crippen molar-refractivity contribution in [3.8, 4) is 0 Å². The quantitative estimate of drug-likeness (QED) is 0.914. The minimum absolute atomic E-state index is 0.0175. The highest BCUT2D eigenvalue weighted by atomic mass is 16.1. The molecule has 1 heterocycles. The topological polar surface area (TPSA) is 34.0 Å². The van der Waals surface area contributed by atoms with Crippen LogP contribution in [0.4, 0.5) is 5.69 Å². The molecule has 0 saturated carbocycles. The van der Waals surface area contributed by atoms with E-state index in [-0.39, 0.29) is 17.0 Å². The summed E-state index contributed by atoms with van der Waals surface area (Å²) in [5.74, 6) is 0. The third kappa shape index (κ3) is 2.60. The lowest BCUT2D eigenvalue weighted by molar-refractivity contribution is 0.265. The molecule has 1 aromatic carbocycles. The zero-order valence-corrected chi connectivity index (χ0v) is 12.9. The largest absolute Gasteiger partial charge is 0.376 e. The van der Waals surface area contributed by atoms with E-state index in [1.165, 1.54) is 11.1 Å². The predicted octanol–water partition coefficient (Wildman–Crippen LogP) is 3.51. The highest BCUT2D eigenvalue weighted by Crippen LogP contribution is 2.45. The van der Waals surface area contributed by atoms with Crippen molar-refractivity contribution in [1.29, 1.82) is 0 Å². The monoisotopic (exact) mass is 282 g/mol. The summed E-state index contributed by atoms with van der Waals surface area (Å²) in [6.07, 6.45) is 4.16. The fourth-order valence-electron chi connectivity index (χ4n) is 3.18. The van der Waals surface area contributed by atoms with Crippen LogP contribution in [-0.4, -0.2) is 4.57 Å². The lowest BCUT2D eigenvalue weighted by atomic mass is 9.70. The zero-order valence-electron chi connectivity index (χ0n) is 12.9. The number of benzene rings is 1. The maximum atomic E-state index is 11.5. The Morgan fingerprint density at radius 1 is 1.19 bits per heavy atom. The molecule has 0 bridgehead atoms. The van der Waals surface area contributed by atoms with Gasteiger partial charge in [-0.2, -0.15) is 0 Å². The minimum atomic E-state index is 0.0175. The number of hydrogen-bond acceptors (Lipinski definition) is 2. The fourth-order valence-corrected chi connectivity index (χ4v) is 3.18. The van der Waals surface area contributed by atoms with E-state index in [1.807, 2.05) is 12.3 Å². The number of pyridine rings is 1. The fraction of sp³-hybridized carbons (Fsp3) is 0.389. The lowest BCUT2D eigenvalue weighted by Gasteiger charge is -2.41. The second-order valence-corrected chi connectivity index (χ2v) is 6.63. The van der Waals surface area contributed by atoms with E-state index in [0.29, 0.717) is 0 Å². The van der Waals surface area contributed by atoms with Crippen LogP contribution in [0.25, 0.3) is 0 Å². The van der Waals surface area contributed by atoms with Gasteiger partial charge in [0.25, 0.3) is 0 Å². The Bertz CT molecular complexity index is 715. The molecule has 0 amide bonds. The van der Waals surface area contributed by atoms with E-state index in [1.54, 1.807) is 17.7 Å². The summed E-state index contributed by atoms with van der Waals surface area (Å²) in [5.41, 5.74) is 4.00. The molecule has 0 aliphatic heterocycles. The molecular formula is C18H22N2O. The Morgan fingerprint density at radius 3 is 2.71 bits per heavy atom. The Morgan fingerprint density at radius 2 is 1.95 bits per heavy atom. The second kappa shape index (κ2) is 5.06. The smallest absolute Gasteiger partial charge is 0.250 e. The van der Waals surface area contributed by atoms with Gasteiger partial charge in [0.2, 0.25) is 5.56 Å². The van der Waals surface area contributed by atoms with Gasteiger partial charge in [-0.15, -0.1) is 0 Å². The molecule has 0 spiro atoms. The van der Waals surface area contributed by atoms with Gasteiger partial charge in [-0.05, 0) is 35.4 Å². The van der Waals surface area contributed by atoms with E-state index < -0.39 is 0 Å². The number of nitrogens with one attached hydrogen (secondary N) is 1. The normalized spacial score (nSPS) is 19.9. The third-order valence-corrected chi connectivity index (χ3v) is 4.58. The molecule has 3 rings (SSSR count). The molecule has 0 saturated heterocycles. The average Bonchev–Trinajstić information content (AvgIpc) is 2.46. The molecule has 1 aromatic heterocycles. The van der Waals surface area contributed by atoms with E-state index >= 15 is 0 Å². The molecule has 1 atom stereocenters. The SMILES string of the molecule is Cn1cc(NC2c3ccccc3CCC2(C)C)ccc1=O. The van der Waals surface area contributed by atoms with Gasteiger partial charge in [-0.1, -0.05) is 38.1 Å². The summed E-state index contributed by atoms with van der Waals surface area (Å²) in [7, 11) is 1.79. The first kappa shape index (κ1) is 13.9. The number of nitrogens with zero attached hydrogens (tertiary/aromatic N) is 1. The number of aromatic nitrogens is 1. The van der Waals surface area contributed by atoms with Gasteiger partial charge in [0.1, 0.15) is 0 Å². The van der Waals surface area contributed by atoms with Crippen LogP contribution in [0.2, 0.25) is 0 Å². The standard InChI is InChI=1S/C18H22N2O/c1-18(2)11-10-13-6-4-5-7-15(13)17(18)19-14-8-9-16(21)20(3)12-14/h4-9,12,17,19H,10-11H2,1-3H3. The summed E-state index contributed by atoms with van der Waals surface area (Å²) in [6.45, 7) is 4.62. The van der Waals surface area contributed by atoms with E-state index in [9.17, 15) is 4.79 Å². The van der Waals surface area contributed by atoms with E-state index in [0.717, 1.165) is 18.5 Å². The molecular weight excluding hydrogens is 260 g/mol. The first-order chi connectivity index (χ1) is 9.97. The van der Waals surface area contributed by atoms with Crippen molar-refractivity contribution in [2.75, 3.05) is 5.32 Å². The van der Waals surface area contributed by atoms with Gasteiger partial charge >= 0.3 is 0 Å². The lowest BCUT2D eigenvalue weighted by Crippen LogP contribution is -2.33. The van der Waals surface area contributed by atoms with Crippen molar-refractivity contribution in [3.05, 3.63) is 64.1 Å². The molecule has 0 radical (unpaired) electrons. The molecule has 1 aliphatic carbocycles. The Balaban J connectivity index is 1.99. The molecule has 1 aliphatic rings. The van der Waals surface area contributed by atoms with Gasteiger partial charge in [0.05, 0.1) is 11.7 Å². The van der Waals surface area contributed by atoms with Crippen LogP contribution >= 0.6 is 0 Å². The van der Waals surface area contributed by atoms with Crippen LogP contribution in [0.3, 0.4) is 0 Å². The maximum absolute atomic E-state index is 11.5. The number of fused-ring (bicyclic) bond motifs is 1. The molecule has 2 aromatic rings. The van der Waals surface area contributed by atoms with E-state index in [4.69, 9.17) is 0 Å². The molecule has 110 valence electrons. The van der Waals surface area contributed by atoms with Crippen LogP contribution in [0.15, 0.2) is 47.4 Å². The van der Waals surface area contributed by atoms with Gasteiger partial charge in [-0.3, -0.25) is 4.79 Å². The predicted molar refractivity (Wildman–Crippen MR) is 86.6 cm³/mol. The maximum Gasteiger partial charge on any atom is 0.250 e. The van der Waals surface area contributed by atoms with Crippen molar-refractivity contribution in [3.63, 3.8) is 0 Å². The minimum Gasteiger partial charge on any atom is -0.376 e. The van der Waals surface area contributed by atoms with Crippen LogP contribution < -0.4 is 10.9 Å². The van der Waals surface area contributed by atoms with Gasteiger partial charge < -0.3 is 9.88 Å². The first-order valence-electron chi connectivity index (χ1n) is 7.48. The third-order valence-electron chi connectivity index (χ3n) is 4.58. The Hall–Kier alpha value is -2.03. The Kier molecular flexibility index (Phi) is 3.36. The van der Waals surface area contributed by atoms with Gasteiger partial charge in [0, 0.05) is 19.3 Å². The summed E-state index contributed by atoms with van der Waals surface area (Å²) in [4.78, 5) is 11.5. The van der Waals surface area contributed by atoms with Crippen molar-refractivity contribution in [2.45, 2.75) is 32.7 Å². The summed E-state index contributed by atoms with van der Waals surface area (Å²) in [6, 6.07) is 12.4. The Labute approximate surface area is 125 Å². The number of anilines is 1. The molecule has 1 N–H and O–H groups in total. The summed E-state index contributed by atoms with van der Waals surface area (Å²) >= 11 is 0. The van der Waals surface area contributed by atoms with Crippen molar-refractivity contribution >= 4 is 5.69 Å². The summed E-state index contributed by atoms with van der Waals surface area (Å²) < 4.78 is 1.62. The molecule has 3 heteroatoms. The van der Waals surface area contributed by atoms with Crippen LogP contribution in [0.1, 0.15) is 37.4 Å². The highest BCUT2D eigenvalue weighted by Gasteiger charge is 2.35. The second-order valence-electron chi connectivity index (χ2n) is 6.63. The number of rotatable bonds is 2. The molecule has 1 unspecified atom stereocenters. The number of aryl methyl sites for hydroxylation is 2. The summed E-state index contributed by atoms with van der Waals surface area (Å²) in [5, 5.41) is 3.64. The van der Waals surface area contributed by atoms with Crippen molar-refractivity contribution < 1.29 is 0 Å². The van der Waals surface area contributed by atoms with Crippen LogP contribution in [-0.2, 0) is 13.5 Å². The van der Waals surface area contributed by atoms with Crippen molar-refractivity contribution in [1.82, 2.24) is 4.57 Å². The van der Waals surface area contributed by atoms with Gasteiger partial charge in [-0.25, -0.2) is 0 Å². The van der Waals surface area contributed by atoms with E-state index in [2.05, 4.69) is 43.4 Å². The first-order valence-corrected chi connectivity index (χ1v) is 7.48.